The fourth-order valence-corrected chi connectivity index (χ4v) is 2.47. The number of alkyl halides is 3. The van der Waals surface area contributed by atoms with Crippen molar-refractivity contribution in [2.45, 2.75) is 25.1 Å². The van der Waals surface area contributed by atoms with Crippen LogP contribution >= 0.6 is 0 Å². The number of hydrogen-bond donors (Lipinski definition) is 0. The molecule has 0 saturated heterocycles. The van der Waals surface area contributed by atoms with Gasteiger partial charge in [-0.3, -0.25) is 0 Å². The van der Waals surface area contributed by atoms with E-state index in [1.165, 1.54) is 4.90 Å². The van der Waals surface area contributed by atoms with E-state index in [4.69, 9.17) is 9.47 Å². The molecule has 0 spiro atoms. The Morgan fingerprint density at radius 2 is 1.88 bits per heavy atom. The molecule has 0 N–H and O–H groups in total. The first-order valence-electron chi connectivity index (χ1n) is 7.84. The summed E-state index contributed by atoms with van der Waals surface area (Å²) in [6.07, 6.45) is -3.91. The van der Waals surface area contributed by atoms with Crippen LogP contribution < -0.4 is 14.4 Å². The van der Waals surface area contributed by atoms with Gasteiger partial charge in [0.05, 0.1) is 0 Å². The summed E-state index contributed by atoms with van der Waals surface area (Å²) in [5.74, 6) is 1.36. The zero-order valence-corrected chi connectivity index (χ0v) is 13.9. The Balaban J connectivity index is 1.72. The molecular weight excluding hydrogens is 335 g/mol. The van der Waals surface area contributed by atoms with Gasteiger partial charge in [0.25, 0.3) is 0 Å². The van der Waals surface area contributed by atoms with Crippen molar-refractivity contribution in [3.05, 3.63) is 41.7 Å². The number of rotatable bonds is 4. The molecule has 2 heterocycles. The molecule has 0 bridgehead atoms. The van der Waals surface area contributed by atoms with E-state index in [1.807, 2.05) is 18.2 Å². The highest BCUT2D eigenvalue weighted by molar-refractivity contribution is 5.40. The van der Waals surface area contributed by atoms with Crippen LogP contribution in [-0.4, -0.2) is 36.8 Å². The van der Waals surface area contributed by atoms with Gasteiger partial charge in [0.1, 0.15) is 18.4 Å². The number of halogens is 3. The normalized spacial score (nSPS) is 16.6. The van der Waals surface area contributed by atoms with E-state index in [0.717, 1.165) is 6.07 Å². The number of anilines is 1. The summed E-state index contributed by atoms with van der Waals surface area (Å²) in [5, 5.41) is 0. The van der Waals surface area contributed by atoms with Gasteiger partial charge in [-0.05, 0) is 31.0 Å². The molecule has 1 atom stereocenters. The Labute approximate surface area is 143 Å². The highest BCUT2D eigenvalue weighted by Gasteiger charge is 2.34. The predicted octanol–water partition coefficient (Wildman–Crippen LogP) is 3.33. The van der Waals surface area contributed by atoms with Crippen molar-refractivity contribution in [3.8, 4) is 11.5 Å². The minimum atomic E-state index is -4.51. The standard InChI is InChI=1S/C17H18F3N3O2/c1-23(2)16-21-11(9-15(22-16)17(18,19)20)7-8-12-10-24-13-5-3-4-6-14(13)25-12/h3-6,9,12H,7-8,10H2,1-2H3/t12-/m0/s1. The van der Waals surface area contributed by atoms with Crippen molar-refractivity contribution in [1.82, 2.24) is 9.97 Å². The first kappa shape index (κ1) is 17.3. The van der Waals surface area contributed by atoms with E-state index in [1.54, 1.807) is 20.2 Å². The molecule has 8 heteroatoms. The second-order valence-electron chi connectivity index (χ2n) is 5.97. The third kappa shape index (κ3) is 4.12. The Morgan fingerprint density at radius 3 is 2.56 bits per heavy atom. The molecule has 0 amide bonds. The van der Waals surface area contributed by atoms with Crippen molar-refractivity contribution in [1.29, 1.82) is 0 Å². The molecule has 1 aliphatic heterocycles. The molecule has 0 saturated carbocycles. The minimum Gasteiger partial charge on any atom is -0.486 e. The Morgan fingerprint density at radius 1 is 1.16 bits per heavy atom. The zero-order chi connectivity index (χ0) is 18.0. The SMILES string of the molecule is CN(C)c1nc(CC[C@H]2COc3ccccc3O2)cc(C(F)(F)F)n1. The van der Waals surface area contributed by atoms with Gasteiger partial charge in [-0.2, -0.15) is 13.2 Å². The minimum absolute atomic E-state index is 0.0379. The van der Waals surface area contributed by atoms with Gasteiger partial charge in [-0.1, -0.05) is 12.1 Å². The molecule has 25 heavy (non-hydrogen) atoms. The predicted molar refractivity (Wildman–Crippen MR) is 86.0 cm³/mol. The summed E-state index contributed by atoms with van der Waals surface area (Å²) in [6.45, 7) is 0.356. The van der Waals surface area contributed by atoms with Gasteiger partial charge in [-0.15, -0.1) is 0 Å². The number of hydrogen-bond acceptors (Lipinski definition) is 5. The number of ether oxygens (including phenoxy) is 2. The van der Waals surface area contributed by atoms with Crippen LogP contribution in [0.5, 0.6) is 11.5 Å². The number of fused-ring (bicyclic) bond motifs is 1. The Kier molecular flexibility index (Phi) is 4.69. The van der Waals surface area contributed by atoms with Crippen LogP contribution in [-0.2, 0) is 12.6 Å². The second kappa shape index (κ2) is 6.78. The lowest BCUT2D eigenvalue weighted by molar-refractivity contribution is -0.141. The molecule has 0 aliphatic carbocycles. The molecule has 1 aliphatic rings. The molecule has 0 unspecified atom stereocenters. The van der Waals surface area contributed by atoms with Gasteiger partial charge in [-0.25, -0.2) is 9.97 Å². The summed E-state index contributed by atoms with van der Waals surface area (Å²) in [7, 11) is 3.21. The quantitative estimate of drug-likeness (QED) is 0.844. The largest absolute Gasteiger partial charge is 0.486 e. The van der Waals surface area contributed by atoms with E-state index in [0.29, 0.717) is 36.6 Å². The summed E-state index contributed by atoms with van der Waals surface area (Å²) in [6, 6.07) is 8.30. The molecule has 1 aromatic heterocycles. The number of nitrogens with zero attached hydrogens (tertiary/aromatic N) is 3. The third-order valence-electron chi connectivity index (χ3n) is 3.75. The van der Waals surface area contributed by atoms with Gasteiger partial charge >= 0.3 is 6.18 Å². The lowest BCUT2D eigenvalue weighted by Crippen LogP contribution is -2.29. The molecule has 5 nitrogen and oxygen atoms in total. The molecule has 0 fully saturated rings. The maximum Gasteiger partial charge on any atom is 0.433 e. The van der Waals surface area contributed by atoms with Crippen LogP contribution in [0.2, 0.25) is 0 Å². The van der Waals surface area contributed by atoms with E-state index < -0.39 is 11.9 Å². The topological polar surface area (TPSA) is 47.5 Å². The Hall–Kier alpha value is -2.51. The Bertz CT molecular complexity index is 750. The highest BCUT2D eigenvalue weighted by Crippen LogP contribution is 2.32. The molecular formula is C17H18F3N3O2. The van der Waals surface area contributed by atoms with Crippen molar-refractivity contribution in [3.63, 3.8) is 0 Å². The lowest BCUT2D eigenvalue weighted by Gasteiger charge is -2.26. The number of benzene rings is 1. The smallest absolute Gasteiger partial charge is 0.433 e. The summed E-state index contributed by atoms with van der Waals surface area (Å²) >= 11 is 0. The van der Waals surface area contributed by atoms with E-state index in [-0.39, 0.29) is 12.1 Å². The molecule has 1 aromatic carbocycles. The molecule has 2 aromatic rings. The van der Waals surface area contributed by atoms with Crippen LogP contribution in [0.15, 0.2) is 30.3 Å². The summed E-state index contributed by atoms with van der Waals surface area (Å²) in [4.78, 5) is 9.21. The lowest BCUT2D eigenvalue weighted by atomic mass is 10.1. The maximum atomic E-state index is 13.0. The molecule has 3 rings (SSSR count). The number of aryl methyl sites for hydroxylation is 1. The van der Waals surface area contributed by atoms with Gasteiger partial charge in [0.2, 0.25) is 5.95 Å². The fraction of sp³-hybridized carbons (Fsp3) is 0.412. The summed E-state index contributed by atoms with van der Waals surface area (Å²) in [5.41, 5.74) is -0.610. The maximum absolute atomic E-state index is 13.0. The van der Waals surface area contributed by atoms with Crippen LogP contribution in [0.4, 0.5) is 19.1 Å². The third-order valence-corrected chi connectivity index (χ3v) is 3.75. The van der Waals surface area contributed by atoms with Gasteiger partial charge in [0.15, 0.2) is 11.5 Å². The number of aromatic nitrogens is 2. The average Bonchev–Trinajstić information content (AvgIpc) is 2.58. The molecule has 134 valence electrons. The van der Waals surface area contributed by atoms with E-state index in [9.17, 15) is 13.2 Å². The van der Waals surface area contributed by atoms with Crippen LogP contribution in [0, 0.1) is 0 Å². The van der Waals surface area contributed by atoms with Crippen LogP contribution in [0.3, 0.4) is 0 Å². The van der Waals surface area contributed by atoms with Gasteiger partial charge in [0, 0.05) is 19.8 Å². The number of para-hydroxylation sites is 2. The van der Waals surface area contributed by atoms with E-state index >= 15 is 0 Å². The van der Waals surface area contributed by atoms with E-state index in [2.05, 4.69) is 9.97 Å². The van der Waals surface area contributed by atoms with Crippen LogP contribution in [0.25, 0.3) is 0 Å². The first-order valence-corrected chi connectivity index (χ1v) is 7.84. The molecule has 0 radical (unpaired) electrons. The van der Waals surface area contributed by atoms with Crippen molar-refractivity contribution in [2.75, 3.05) is 25.6 Å². The zero-order valence-electron chi connectivity index (χ0n) is 13.9. The fourth-order valence-electron chi connectivity index (χ4n) is 2.47. The monoisotopic (exact) mass is 353 g/mol. The van der Waals surface area contributed by atoms with Crippen molar-refractivity contribution in [2.24, 2.45) is 0 Å². The van der Waals surface area contributed by atoms with Gasteiger partial charge < -0.3 is 14.4 Å². The first-order chi connectivity index (χ1) is 11.8. The second-order valence-corrected chi connectivity index (χ2v) is 5.97. The van der Waals surface area contributed by atoms with Crippen molar-refractivity contribution < 1.29 is 22.6 Å². The average molecular weight is 353 g/mol. The van der Waals surface area contributed by atoms with Crippen LogP contribution in [0.1, 0.15) is 17.8 Å². The highest BCUT2D eigenvalue weighted by atomic mass is 19.4. The van der Waals surface area contributed by atoms with Crippen molar-refractivity contribution >= 4 is 5.95 Å². The summed E-state index contributed by atoms with van der Waals surface area (Å²) < 4.78 is 50.5.